The van der Waals surface area contributed by atoms with E-state index in [0.29, 0.717) is 5.56 Å². The minimum atomic E-state index is -0.906. The Balaban J connectivity index is 3.19. The van der Waals surface area contributed by atoms with E-state index in [1.807, 2.05) is 0 Å². The maximum Gasteiger partial charge on any atom is 0.195 e. The number of phenolic OH excluding ortho intramolecular Hbond substituents is 2. The highest BCUT2D eigenvalue weighted by Crippen LogP contribution is 2.36. The van der Waals surface area contributed by atoms with Gasteiger partial charge in [0, 0.05) is 12.0 Å². The average Bonchev–Trinajstić information content (AvgIpc) is 2.10. The molecular formula is C9H10BrFO3. The van der Waals surface area contributed by atoms with Gasteiger partial charge >= 0.3 is 0 Å². The van der Waals surface area contributed by atoms with Crippen molar-refractivity contribution in [3.05, 3.63) is 21.9 Å². The maximum absolute atomic E-state index is 13.0. The third-order valence-electron chi connectivity index (χ3n) is 1.76. The van der Waals surface area contributed by atoms with Crippen molar-refractivity contribution in [1.82, 2.24) is 0 Å². The number of rotatable bonds is 2. The fourth-order valence-corrected chi connectivity index (χ4v) is 1.59. The molecule has 3 nitrogen and oxygen atoms in total. The van der Waals surface area contributed by atoms with E-state index in [4.69, 9.17) is 10.2 Å². The number of aliphatic hydroxyl groups is 1. The van der Waals surface area contributed by atoms with Crippen molar-refractivity contribution >= 4 is 15.9 Å². The predicted molar refractivity (Wildman–Crippen MR) is 52.8 cm³/mol. The molecule has 0 bridgehead atoms. The van der Waals surface area contributed by atoms with Crippen molar-refractivity contribution in [3.63, 3.8) is 0 Å². The lowest BCUT2D eigenvalue weighted by Crippen LogP contribution is -2.04. The van der Waals surface area contributed by atoms with Crippen molar-refractivity contribution < 1.29 is 19.7 Å². The molecule has 1 aromatic rings. The first-order chi connectivity index (χ1) is 6.43. The Hall–Kier alpha value is -0.810. The molecule has 0 spiro atoms. The van der Waals surface area contributed by atoms with E-state index in [0.717, 1.165) is 0 Å². The molecule has 0 aromatic heterocycles. The van der Waals surface area contributed by atoms with Crippen LogP contribution < -0.4 is 0 Å². The van der Waals surface area contributed by atoms with Crippen LogP contribution in [-0.2, 0) is 6.42 Å². The van der Waals surface area contributed by atoms with Crippen LogP contribution in [0.1, 0.15) is 12.5 Å². The third-order valence-corrected chi connectivity index (χ3v) is 2.34. The van der Waals surface area contributed by atoms with Crippen LogP contribution in [0.2, 0.25) is 0 Å². The molecule has 0 saturated heterocycles. The first-order valence-electron chi connectivity index (χ1n) is 4.00. The fourth-order valence-electron chi connectivity index (χ4n) is 1.13. The van der Waals surface area contributed by atoms with Gasteiger partial charge in [-0.25, -0.2) is 4.39 Å². The summed E-state index contributed by atoms with van der Waals surface area (Å²) in [5.74, 6) is -2.22. The molecule has 5 heteroatoms. The van der Waals surface area contributed by atoms with E-state index in [1.165, 1.54) is 13.0 Å². The minimum Gasteiger partial charge on any atom is -0.504 e. The standard InChI is InChI=1S/C9H10BrFO3/c1-4(12)2-5-3-6(10)7(11)9(14)8(5)13/h3-4,12-14H,2H2,1H3. The molecule has 14 heavy (non-hydrogen) atoms. The van der Waals surface area contributed by atoms with Crippen LogP contribution in [0.4, 0.5) is 4.39 Å². The fraction of sp³-hybridized carbons (Fsp3) is 0.333. The Morgan fingerprint density at radius 3 is 2.50 bits per heavy atom. The number of halogens is 2. The van der Waals surface area contributed by atoms with E-state index in [2.05, 4.69) is 15.9 Å². The number of aromatic hydroxyl groups is 2. The van der Waals surface area contributed by atoms with Crippen LogP contribution in [0.25, 0.3) is 0 Å². The smallest absolute Gasteiger partial charge is 0.195 e. The summed E-state index contributed by atoms with van der Waals surface area (Å²) < 4.78 is 13.0. The molecule has 0 aliphatic carbocycles. The van der Waals surface area contributed by atoms with E-state index in [-0.39, 0.29) is 10.9 Å². The van der Waals surface area contributed by atoms with Crippen LogP contribution >= 0.6 is 15.9 Å². The van der Waals surface area contributed by atoms with Crippen LogP contribution in [0.3, 0.4) is 0 Å². The van der Waals surface area contributed by atoms with Gasteiger partial charge in [-0.1, -0.05) is 0 Å². The van der Waals surface area contributed by atoms with Crippen LogP contribution in [-0.4, -0.2) is 21.4 Å². The summed E-state index contributed by atoms with van der Waals surface area (Å²) in [5.41, 5.74) is 0.297. The summed E-state index contributed by atoms with van der Waals surface area (Å²) in [6.07, 6.45) is -0.518. The lowest BCUT2D eigenvalue weighted by Gasteiger charge is -2.09. The number of hydrogen-bond acceptors (Lipinski definition) is 3. The zero-order chi connectivity index (χ0) is 10.9. The lowest BCUT2D eigenvalue weighted by atomic mass is 10.1. The second-order valence-corrected chi connectivity index (χ2v) is 3.94. The second-order valence-electron chi connectivity index (χ2n) is 3.08. The van der Waals surface area contributed by atoms with Gasteiger partial charge in [-0.2, -0.15) is 0 Å². The molecule has 0 saturated carbocycles. The molecule has 0 amide bonds. The van der Waals surface area contributed by atoms with Gasteiger partial charge in [0.2, 0.25) is 0 Å². The Kier molecular flexibility index (Phi) is 3.34. The van der Waals surface area contributed by atoms with Gasteiger partial charge in [-0.3, -0.25) is 0 Å². The maximum atomic E-state index is 13.0. The van der Waals surface area contributed by atoms with Crippen LogP contribution in [0.5, 0.6) is 11.5 Å². The minimum absolute atomic E-state index is 0.0588. The molecule has 78 valence electrons. The van der Waals surface area contributed by atoms with Crippen molar-refractivity contribution in [2.75, 3.05) is 0 Å². The van der Waals surface area contributed by atoms with Crippen molar-refractivity contribution in [2.24, 2.45) is 0 Å². The first-order valence-corrected chi connectivity index (χ1v) is 4.79. The number of aliphatic hydroxyl groups excluding tert-OH is 1. The molecule has 0 aliphatic rings. The quantitative estimate of drug-likeness (QED) is 0.716. The Morgan fingerprint density at radius 2 is 2.00 bits per heavy atom. The average molecular weight is 265 g/mol. The highest BCUT2D eigenvalue weighted by molar-refractivity contribution is 9.10. The van der Waals surface area contributed by atoms with E-state index < -0.39 is 23.4 Å². The third kappa shape index (κ3) is 2.16. The highest BCUT2D eigenvalue weighted by Gasteiger charge is 2.16. The summed E-state index contributed by atoms with van der Waals surface area (Å²) in [7, 11) is 0. The highest BCUT2D eigenvalue weighted by atomic mass is 79.9. The van der Waals surface area contributed by atoms with Crippen LogP contribution in [0, 0.1) is 5.82 Å². The molecule has 1 unspecified atom stereocenters. The van der Waals surface area contributed by atoms with E-state index in [1.54, 1.807) is 0 Å². The van der Waals surface area contributed by atoms with Crippen molar-refractivity contribution in [3.8, 4) is 11.5 Å². The summed E-state index contributed by atoms with van der Waals surface area (Å²) in [5, 5.41) is 27.6. The molecular weight excluding hydrogens is 255 g/mol. The SMILES string of the molecule is CC(O)Cc1cc(Br)c(F)c(O)c1O. The zero-order valence-electron chi connectivity index (χ0n) is 7.46. The van der Waals surface area contributed by atoms with Gasteiger partial charge in [0.05, 0.1) is 10.6 Å². The summed E-state index contributed by atoms with van der Waals surface area (Å²) in [6, 6.07) is 1.33. The molecule has 1 rings (SSSR count). The Labute approximate surface area is 88.9 Å². The molecule has 0 heterocycles. The molecule has 0 aliphatic heterocycles. The summed E-state index contributed by atoms with van der Waals surface area (Å²) >= 11 is 2.89. The summed E-state index contributed by atoms with van der Waals surface area (Å²) in [4.78, 5) is 0. The van der Waals surface area contributed by atoms with Gasteiger partial charge < -0.3 is 15.3 Å². The van der Waals surface area contributed by atoms with E-state index >= 15 is 0 Å². The molecule has 0 fully saturated rings. The van der Waals surface area contributed by atoms with Crippen molar-refractivity contribution in [2.45, 2.75) is 19.4 Å². The monoisotopic (exact) mass is 264 g/mol. The van der Waals surface area contributed by atoms with E-state index in [9.17, 15) is 9.50 Å². The predicted octanol–water partition coefficient (Wildman–Crippen LogP) is 1.92. The molecule has 1 atom stereocenters. The second kappa shape index (κ2) is 4.14. The molecule has 3 N–H and O–H groups in total. The number of benzene rings is 1. The topological polar surface area (TPSA) is 60.7 Å². The Bertz CT molecular complexity index is 352. The lowest BCUT2D eigenvalue weighted by molar-refractivity contribution is 0.194. The van der Waals surface area contributed by atoms with Crippen LogP contribution in [0.15, 0.2) is 10.5 Å². The normalized spacial score (nSPS) is 12.9. The van der Waals surface area contributed by atoms with Gasteiger partial charge in [0.25, 0.3) is 0 Å². The molecule has 1 aromatic carbocycles. The Morgan fingerprint density at radius 1 is 1.43 bits per heavy atom. The van der Waals surface area contributed by atoms with Crippen molar-refractivity contribution in [1.29, 1.82) is 0 Å². The van der Waals surface area contributed by atoms with Gasteiger partial charge in [0.1, 0.15) is 0 Å². The number of phenols is 2. The largest absolute Gasteiger partial charge is 0.504 e. The molecule has 0 radical (unpaired) electrons. The number of hydrogen-bond donors (Lipinski definition) is 3. The van der Waals surface area contributed by atoms with Gasteiger partial charge in [-0.05, 0) is 28.9 Å². The van der Waals surface area contributed by atoms with Gasteiger partial charge in [0.15, 0.2) is 17.3 Å². The zero-order valence-corrected chi connectivity index (χ0v) is 9.05. The van der Waals surface area contributed by atoms with Gasteiger partial charge in [-0.15, -0.1) is 0 Å². The first kappa shape index (κ1) is 11.3. The summed E-state index contributed by atoms with van der Waals surface area (Å²) in [6.45, 7) is 1.54.